The quantitative estimate of drug-likeness (QED) is 0.586. The van der Waals surface area contributed by atoms with Crippen LogP contribution in [-0.2, 0) is 4.74 Å². The van der Waals surface area contributed by atoms with Crippen LogP contribution in [0, 0.1) is 11.8 Å². The number of aliphatic hydroxyl groups is 1. The van der Waals surface area contributed by atoms with Crippen molar-refractivity contribution >= 4 is 0 Å². The second-order valence-electron chi connectivity index (χ2n) is 3.58. The molecule has 0 saturated heterocycles. The van der Waals surface area contributed by atoms with Gasteiger partial charge in [0.15, 0.2) is 0 Å². The van der Waals surface area contributed by atoms with E-state index in [4.69, 9.17) is 4.74 Å². The Bertz CT molecular complexity index is 133. The Labute approximate surface area is 61.2 Å². The van der Waals surface area contributed by atoms with E-state index in [0.717, 1.165) is 12.3 Å². The van der Waals surface area contributed by atoms with Gasteiger partial charge < -0.3 is 9.84 Å². The molecule has 0 radical (unpaired) electrons. The van der Waals surface area contributed by atoms with E-state index in [1.54, 1.807) is 7.11 Å². The number of methoxy groups -OCH3 is 1. The lowest BCUT2D eigenvalue weighted by atomic mass is 9.95. The summed E-state index contributed by atoms with van der Waals surface area (Å²) in [5.74, 6) is 1.21. The van der Waals surface area contributed by atoms with Gasteiger partial charge in [0.1, 0.15) is 0 Å². The zero-order valence-corrected chi connectivity index (χ0v) is 6.29. The van der Waals surface area contributed by atoms with E-state index in [1.165, 1.54) is 12.8 Å². The van der Waals surface area contributed by atoms with Crippen LogP contribution in [0.15, 0.2) is 0 Å². The van der Waals surface area contributed by atoms with Gasteiger partial charge in [0.05, 0.1) is 12.2 Å². The number of hydrogen-bond acceptors (Lipinski definition) is 2. The summed E-state index contributed by atoms with van der Waals surface area (Å²) in [7, 11) is 1.75. The molecular formula is C8H14O2. The third-order valence-corrected chi connectivity index (χ3v) is 3.02. The highest BCUT2D eigenvalue weighted by Crippen LogP contribution is 2.45. The van der Waals surface area contributed by atoms with Crippen LogP contribution in [0.1, 0.15) is 19.3 Å². The number of aliphatic hydroxyl groups excluding tert-OH is 1. The standard InChI is InChI=1S/C8H14O2/c1-10-8-4-5-2-6(8)7(9)3-5/h5-9H,2-4H2,1H3. The van der Waals surface area contributed by atoms with Gasteiger partial charge in [0.25, 0.3) is 0 Å². The molecule has 2 bridgehead atoms. The number of fused-ring (bicyclic) bond motifs is 2. The minimum absolute atomic E-state index is 0.0660. The Balaban J connectivity index is 2.06. The fraction of sp³-hybridized carbons (Fsp3) is 1.00. The zero-order chi connectivity index (χ0) is 7.14. The molecule has 0 aromatic carbocycles. The molecule has 4 atom stereocenters. The fourth-order valence-corrected chi connectivity index (χ4v) is 2.52. The first-order valence-corrected chi connectivity index (χ1v) is 4.02. The van der Waals surface area contributed by atoms with Crippen LogP contribution in [0.5, 0.6) is 0 Å². The van der Waals surface area contributed by atoms with Crippen molar-refractivity contribution in [1.29, 1.82) is 0 Å². The van der Waals surface area contributed by atoms with E-state index in [9.17, 15) is 5.11 Å². The molecule has 2 aliphatic carbocycles. The normalized spacial score (nSPS) is 52.2. The van der Waals surface area contributed by atoms with Crippen LogP contribution in [0.25, 0.3) is 0 Å². The van der Waals surface area contributed by atoms with Gasteiger partial charge in [-0.15, -0.1) is 0 Å². The maximum atomic E-state index is 9.44. The molecule has 0 amide bonds. The van der Waals surface area contributed by atoms with Gasteiger partial charge in [-0.3, -0.25) is 0 Å². The first-order valence-electron chi connectivity index (χ1n) is 4.02. The van der Waals surface area contributed by atoms with Crippen LogP contribution in [0.3, 0.4) is 0 Å². The van der Waals surface area contributed by atoms with Crippen LogP contribution in [0.4, 0.5) is 0 Å². The predicted octanol–water partition coefficient (Wildman–Crippen LogP) is 0.792. The van der Waals surface area contributed by atoms with E-state index in [2.05, 4.69) is 0 Å². The Kier molecular flexibility index (Phi) is 1.46. The van der Waals surface area contributed by atoms with Crippen molar-refractivity contribution in [3.05, 3.63) is 0 Å². The van der Waals surface area contributed by atoms with E-state index in [1.807, 2.05) is 0 Å². The summed E-state index contributed by atoms with van der Waals surface area (Å²) in [4.78, 5) is 0. The van der Waals surface area contributed by atoms with Crippen molar-refractivity contribution < 1.29 is 9.84 Å². The van der Waals surface area contributed by atoms with Crippen LogP contribution >= 0.6 is 0 Å². The maximum Gasteiger partial charge on any atom is 0.0626 e. The van der Waals surface area contributed by atoms with E-state index < -0.39 is 0 Å². The average Bonchev–Trinajstić information content (AvgIpc) is 2.44. The van der Waals surface area contributed by atoms with Gasteiger partial charge >= 0.3 is 0 Å². The van der Waals surface area contributed by atoms with Crippen molar-refractivity contribution in [3.63, 3.8) is 0 Å². The molecule has 58 valence electrons. The second kappa shape index (κ2) is 2.21. The molecule has 10 heavy (non-hydrogen) atoms. The van der Waals surface area contributed by atoms with E-state index in [0.29, 0.717) is 12.0 Å². The Morgan fingerprint density at radius 2 is 2.10 bits per heavy atom. The third kappa shape index (κ3) is 0.789. The highest BCUT2D eigenvalue weighted by molar-refractivity contribution is 4.96. The Morgan fingerprint density at radius 3 is 2.50 bits per heavy atom. The molecule has 0 aliphatic heterocycles. The Hall–Kier alpha value is -0.0800. The van der Waals surface area contributed by atoms with Crippen LogP contribution in [0.2, 0.25) is 0 Å². The molecule has 4 unspecified atom stereocenters. The molecule has 0 heterocycles. The lowest BCUT2D eigenvalue weighted by molar-refractivity contribution is -0.00708. The van der Waals surface area contributed by atoms with Crippen LogP contribution < -0.4 is 0 Å². The third-order valence-electron chi connectivity index (χ3n) is 3.02. The van der Waals surface area contributed by atoms with Crippen molar-refractivity contribution in [2.75, 3.05) is 7.11 Å². The summed E-state index contributed by atoms with van der Waals surface area (Å²) in [6.45, 7) is 0. The summed E-state index contributed by atoms with van der Waals surface area (Å²) >= 11 is 0. The monoisotopic (exact) mass is 142 g/mol. The molecule has 2 saturated carbocycles. The fourth-order valence-electron chi connectivity index (χ4n) is 2.52. The lowest BCUT2D eigenvalue weighted by Gasteiger charge is -2.24. The molecule has 2 nitrogen and oxygen atoms in total. The summed E-state index contributed by atoms with van der Waals surface area (Å²) in [6.07, 6.45) is 3.68. The highest BCUT2D eigenvalue weighted by atomic mass is 16.5. The molecular weight excluding hydrogens is 128 g/mol. The molecule has 0 aromatic heterocycles. The number of ether oxygens (including phenoxy) is 1. The molecule has 0 aromatic rings. The van der Waals surface area contributed by atoms with E-state index in [-0.39, 0.29) is 6.10 Å². The van der Waals surface area contributed by atoms with Gasteiger partial charge in [0.2, 0.25) is 0 Å². The molecule has 2 rings (SSSR count). The smallest absolute Gasteiger partial charge is 0.0626 e. The lowest BCUT2D eigenvalue weighted by Crippen LogP contribution is -2.29. The minimum atomic E-state index is -0.0660. The predicted molar refractivity (Wildman–Crippen MR) is 37.6 cm³/mol. The van der Waals surface area contributed by atoms with Gasteiger partial charge in [0, 0.05) is 13.0 Å². The topological polar surface area (TPSA) is 29.5 Å². The maximum absolute atomic E-state index is 9.44. The first-order chi connectivity index (χ1) is 4.81. The molecule has 1 N–H and O–H groups in total. The van der Waals surface area contributed by atoms with Crippen LogP contribution in [-0.4, -0.2) is 24.4 Å². The molecule has 2 aliphatic rings. The number of hydrogen-bond donors (Lipinski definition) is 1. The summed E-state index contributed by atoms with van der Waals surface area (Å²) < 4.78 is 5.26. The summed E-state index contributed by atoms with van der Waals surface area (Å²) in [5, 5.41) is 9.44. The number of rotatable bonds is 1. The van der Waals surface area contributed by atoms with Gasteiger partial charge in [-0.05, 0) is 25.2 Å². The SMILES string of the molecule is COC1CC2CC(O)C1C2. The van der Waals surface area contributed by atoms with Crippen molar-refractivity contribution in [1.82, 2.24) is 0 Å². The van der Waals surface area contributed by atoms with Crippen molar-refractivity contribution in [2.45, 2.75) is 31.5 Å². The van der Waals surface area contributed by atoms with Gasteiger partial charge in [-0.2, -0.15) is 0 Å². The minimum Gasteiger partial charge on any atom is -0.393 e. The molecule has 2 fully saturated rings. The summed E-state index contributed by atoms with van der Waals surface area (Å²) in [6, 6.07) is 0. The van der Waals surface area contributed by atoms with Crippen molar-refractivity contribution in [3.8, 4) is 0 Å². The van der Waals surface area contributed by atoms with Gasteiger partial charge in [-0.1, -0.05) is 0 Å². The van der Waals surface area contributed by atoms with Crippen molar-refractivity contribution in [2.24, 2.45) is 11.8 Å². The molecule has 0 spiro atoms. The zero-order valence-electron chi connectivity index (χ0n) is 6.29. The molecule has 2 heteroatoms. The summed E-state index contributed by atoms with van der Waals surface area (Å²) in [5.41, 5.74) is 0. The second-order valence-corrected chi connectivity index (χ2v) is 3.58. The first kappa shape index (κ1) is 6.62. The average molecular weight is 142 g/mol. The highest BCUT2D eigenvalue weighted by Gasteiger charge is 2.45. The largest absolute Gasteiger partial charge is 0.393 e. The van der Waals surface area contributed by atoms with E-state index >= 15 is 0 Å². The Morgan fingerprint density at radius 1 is 1.30 bits per heavy atom. The van der Waals surface area contributed by atoms with Gasteiger partial charge in [-0.25, -0.2) is 0 Å².